The summed E-state index contributed by atoms with van der Waals surface area (Å²) in [5.74, 6) is 1.79. The molecule has 188 valence electrons. The fourth-order valence-electron chi connectivity index (χ4n) is 3.57. The van der Waals surface area contributed by atoms with Gasteiger partial charge in [-0.25, -0.2) is 0 Å². The first-order valence-electron chi connectivity index (χ1n) is 12.3. The summed E-state index contributed by atoms with van der Waals surface area (Å²) in [7, 11) is 0. The van der Waals surface area contributed by atoms with Crippen molar-refractivity contribution in [3.8, 4) is 23.6 Å². The molecular weight excluding hydrogens is 478 g/mol. The Balaban J connectivity index is 2.43. The molecule has 7 heteroatoms. The van der Waals surface area contributed by atoms with Crippen LogP contribution in [0, 0.1) is 34.5 Å². The zero-order valence-electron chi connectivity index (χ0n) is 21.2. The molecule has 0 aliphatic heterocycles. The average Bonchev–Trinajstić information content (AvgIpc) is 2.82. The predicted octanol–water partition coefficient (Wildman–Crippen LogP) is 8.23. The van der Waals surface area contributed by atoms with Crippen molar-refractivity contribution >= 4 is 29.1 Å². The highest BCUT2D eigenvalue weighted by Gasteiger charge is 2.27. The molecule has 0 aromatic heterocycles. The van der Waals surface area contributed by atoms with Crippen LogP contribution < -0.4 is 15.2 Å². The number of nitriles is 2. The molecule has 2 N–H and O–H groups in total. The summed E-state index contributed by atoms with van der Waals surface area (Å²) in [4.78, 5) is 1.33. The Bertz CT molecular complexity index is 1060. The predicted molar refractivity (Wildman–Crippen MR) is 144 cm³/mol. The molecule has 0 atom stereocenters. The van der Waals surface area contributed by atoms with Gasteiger partial charge >= 0.3 is 0 Å². The number of para-hydroxylation sites is 1. The number of unbranched alkanes of at least 4 members (excludes halogenated alkanes) is 2. The highest BCUT2D eigenvalue weighted by atomic mass is 35.5. The molecule has 2 aromatic rings. The number of halogens is 1. The minimum atomic E-state index is 0.115. The standard InChI is InChI=1S/C28H36ClN3O2S/c1-19(2)11-7-9-15-33-26-21(17-30)22(18-31)27(34-16-10-8-12-20(3)4)28(25(26)29)35-24-14-6-5-13-23(24)32/h5-6,13-14,19-20H,7-12,15-16,32H2,1-4H3. The highest BCUT2D eigenvalue weighted by molar-refractivity contribution is 7.99. The lowest BCUT2D eigenvalue weighted by Crippen LogP contribution is -2.07. The summed E-state index contributed by atoms with van der Waals surface area (Å²) in [6.45, 7) is 9.59. The molecule has 0 bridgehead atoms. The largest absolute Gasteiger partial charge is 0.491 e. The molecule has 5 nitrogen and oxygen atoms in total. The van der Waals surface area contributed by atoms with E-state index in [1.807, 2.05) is 24.3 Å². The van der Waals surface area contributed by atoms with Crippen molar-refractivity contribution in [3.05, 3.63) is 40.4 Å². The quantitative estimate of drug-likeness (QED) is 0.202. The Hall–Kier alpha value is -2.54. The lowest BCUT2D eigenvalue weighted by Gasteiger charge is -2.20. The number of benzene rings is 2. The third-order valence-corrected chi connectivity index (χ3v) is 7.17. The number of rotatable bonds is 14. The van der Waals surface area contributed by atoms with Gasteiger partial charge in [0.1, 0.15) is 28.3 Å². The SMILES string of the molecule is CC(C)CCCCOc1c(Cl)c(Sc2ccccc2N)c(OCCCCC(C)C)c(C#N)c1C#N. The molecular formula is C28H36ClN3O2S. The fraction of sp³-hybridized carbons (Fsp3) is 0.500. The molecule has 2 rings (SSSR count). The summed E-state index contributed by atoms with van der Waals surface area (Å²) in [5.41, 5.74) is 7.04. The Morgan fingerprint density at radius 1 is 0.857 bits per heavy atom. The maximum Gasteiger partial charge on any atom is 0.158 e. The van der Waals surface area contributed by atoms with E-state index in [4.69, 9.17) is 26.8 Å². The first-order chi connectivity index (χ1) is 16.8. The van der Waals surface area contributed by atoms with E-state index < -0.39 is 0 Å². The second-order valence-corrected chi connectivity index (χ2v) is 10.8. The van der Waals surface area contributed by atoms with Gasteiger partial charge in [0.15, 0.2) is 11.5 Å². The Kier molecular flexibility index (Phi) is 12.1. The third-order valence-electron chi connectivity index (χ3n) is 5.51. The Morgan fingerprint density at radius 3 is 1.89 bits per heavy atom. The van der Waals surface area contributed by atoms with Crippen LogP contribution in [0.5, 0.6) is 11.5 Å². The van der Waals surface area contributed by atoms with E-state index >= 15 is 0 Å². The van der Waals surface area contributed by atoms with Crippen molar-refractivity contribution in [2.45, 2.75) is 76.0 Å². The first-order valence-corrected chi connectivity index (χ1v) is 13.5. The number of ether oxygens (including phenoxy) is 2. The van der Waals surface area contributed by atoms with Gasteiger partial charge in [-0.1, -0.05) is 76.0 Å². The molecule has 35 heavy (non-hydrogen) atoms. The normalized spacial score (nSPS) is 10.9. The van der Waals surface area contributed by atoms with Crippen LogP contribution >= 0.6 is 23.4 Å². The van der Waals surface area contributed by atoms with Crippen LogP contribution in [0.25, 0.3) is 0 Å². The van der Waals surface area contributed by atoms with Crippen LogP contribution in [-0.2, 0) is 0 Å². The minimum absolute atomic E-state index is 0.115. The lowest BCUT2D eigenvalue weighted by atomic mass is 10.1. The van der Waals surface area contributed by atoms with Crippen LogP contribution in [0.3, 0.4) is 0 Å². The van der Waals surface area contributed by atoms with Crippen LogP contribution in [0.1, 0.15) is 77.3 Å². The van der Waals surface area contributed by atoms with E-state index in [1.165, 1.54) is 11.8 Å². The molecule has 0 fully saturated rings. The monoisotopic (exact) mass is 513 g/mol. The van der Waals surface area contributed by atoms with Crippen molar-refractivity contribution in [3.63, 3.8) is 0 Å². The maximum absolute atomic E-state index is 10.0. The summed E-state index contributed by atoms with van der Waals surface area (Å²) in [5, 5.41) is 20.2. The van der Waals surface area contributed by atoms with E-state index in [0.717, 1.165) is 43.4 Å². The molecule has 0 aliphatic rings. The number of nitrogens with zero attached hydrogens (tertiary/aromatic N) is 2. The zero-order valence-corrected chi connectivity index (χ0v) is 22.8. The van der Waals surface area contributed by atoms with Gasteiger partial charge in [-0.3, -0.25) is 0 Å². The summed E-state index contributed by atoms with van der Waals surface area (Å²) >= 11 is 8.17. The number of nitrogens with two attached hydrogens (primary N) is 1. The molecule has 0 saturated heterocycles. The third kappa shape index (κ3) is 8.57. The minimum Gasteiger partial charge on any atom is -0.491 e. The lowest BCUT2D eigenvalue weighted by molar-refractivity contribution is 0.286. The molecule has 0 saturated carbocycles. The van der Waals surface area contributed by atoms with Crippen molar-refractivity contribution < 1.29 is 9.47 Å². The topological polar surface area (TPSA) is 92.1 Å². The van der Waals surface area contributed by atoms with Gasteiger partial charge in [-0.05, 0) is 49.7 Å². The number of nitrogen functional groups attached to an aromatic ring is 1. The number of hydrogen-bond donors (Lipinski definition) is 1. The summed E-state index contributed by atoms with van der Waals surface area (Å²) < 4.78 is 12.1. The van der Waals surface area contributed by atoms with Crippen LogP contribution in [0.15, 0.2) is 34.1 Å². The summed E-state index contributed by atoms with van der Waals surface area (Å²) in [6, 6.07) is 11.7. The van der Waals surface area contributed by atoms with Gasteiger partial charge in [0.2, 0.25) is 0 Å². The van der Waals surface area contributed by atoms with Crippen molar-refractivity contribution in [1.29, 1.82) is 10.5 Å². The number of hydrogen-bond acceptors (Lipinski definition) is 6. The Labute approximate surface area is 219 Å². The van der Waals surface area contributed by atoms with Crippen molar-refractivity contribution in [2.24, 2.45) is 11.8 Å². The van der Waals surface area contributed by atoms with Crippen molar-refractivity contribution in [2.75, 3.05) is 18.9 Å². The fourth-order valence-corrected chi connectivity index (χ4v) is 4.91. The number of anilines is 1. The van der Waals surface area contributed by atoms with Crippen LogP contribution in [0.2, 0.25) is 5.02 Å². The Morgan fingerprint density at radius 2 is 1.37 bits per heavy atom. The first kappa shape index (κ1) is 28.7. The van der Waals surface area contributed by atoms with Gasteiger partial charge in [-0.2, -0.15) is 10.5 Å². The second kappa shape index (κ2) is 14.8. The average molecular weight is 514 g/mol. The second-order valence-electron chi connectivity index (χ2n) is 9.39. The highest BCUT2D eigenvalue weighted by Crippen LogP contribution is 2.49. The van der Waals surface area contributed by atoms with E-state index in [0.29, 0.717) is 41.4 Å². The molecule has 0 unspecified atom stereocenters. The van der Waals surface area contributed by atoms with Crippen LogP contribution in [-0.4, -0.2) is 13.2 Å². The van der Waals surface area contributed by atoms with Crippen molar-refractivity contribution in [1.82, 2.24) is 0 Å². The van der Waals surface area contributed by atoms with Gasteiger partial charge in [0.25, 0.3) is 0 Å². The maximum atomic E-state index is 10.0. The van der Waals surface area contributed by atoms with E-state index in [2.05, 4.69) is 39.8 Å². The van der Waals surface area contributed by atoms with Gasteiger partial charge in [-0.15, -0.1) is 0 Å². The molecule has 0 amide bonds. The van der Waals surface area contributed by atoms with Gasteiger partial charge < -0.3 is 15.2 Å². The van der Waals surface area contributed by atoms with E-state index in [-0.39, 0.29) is 21.9 Å². The van der Waals surface area contributed by atoms with Gasteiger partial charge in [0.05, 0.1) is 18.1 Å². The molecule has 0 radical (unpaired) electrons. The molecule has 2 aromatic carbocycles. The zero-order chi connectivity index (χ0) is 25.8. The van der Waals surface area contributed by atoms with E-state index in [1.54, 1.807) is 0 Å². The summed E-state index contributed by atoms with van der Waals surface area (Å²) in [6.07, 6.45) is 5.91. The van der Waals surface area contributed by atoms with Gasteiger partial charge in [0, 0.05) is 10.6 Å². The van der Waals surface area contributed by atoms with Crippen LogP contribution in [0.4, 0.5) is 5.69 Å². The molecule has 0 heterocycles. The van der Waals surface area contributed by atoms with E-state index in [9.17, 15) is 10.5 Å². The smallest absolute Gasteiger partial charge is 0.158 e. The molecule has 0 aliphatic carbocycles. The molecule has 0 spiro atoms.